The molecular weight excluding hydrogens is 234 g/mol. The van der Waals surface area contributed by atoms with Crippen LogP contribution >= 0.6 is 0 Å². The molecule has 1 heterocycles. The van der Waals surface area contributed by atoms with Crippen molar-refractivity contribution in [2.45, 2.75) is 27.7 Å². The van der Waals surface area contributed by atoms with Gasteiger partial charge in [-0.2, -0.15) is 0 Å². The molecule has 0 aromatic carbocycles. The molecule has 0 N–H and O–H groups in total. The van der Waals surface area contributed by atoms with Gasteiger partial charge in [-0.3, -0.25) is 4.79 Å². The first-order valence-corrected chi connectivity index (χ1v) is 5.84. The first kappa shape index (κ1) is 14.1. The van der Waals surface area contributed by atoms with E-state index in [1.807, 2.05) is 13.8 Å². The Bertz CT molecular complexity index is 458. The van der Waals surface area contributed by atoms with Gasteiger partial charge in [0.15, 0.2) is 5.69 Å². The monoisotopic (exact) mass is 251 g/mol. The van der Waals surface area contributed by atoms with Crippen molar-refractivity contribution in [1.82, 2.24) is 9.88 Å². The third kappa shape index (κ3) is 2.64. The second-order valence-corrected chi connectivity index (χ2v) is 3.99. The van der Waals surface area contributed by atoms with Crippen LogP contribution in [0.4, 0.5) is 5.82 Å². The third-order valence-corrected chi connectivity index (χ3v) is 2.84. The summed E-state index contributed by atoms with van der Waals surface area (Å²) in [5.74, 6) is -0.349. The number of carbonyl (C=O) groups is 1. The molecule has 0 unspecified atom stereocenters. The van der Waals surface area contributed by atoms with E-state index in [1.165, 1.54) is 6.07 Å². The highest BCUT2D eigenvalue weighted by Crippen LogP contribution is 2.19. The highest BCUT2D eigenvalue weighted by atomic mass is 16.6. The fourth-order valence-electron chi connectivity index (χ4n) is 1.90. The van der Waals surface area contributed by atoms with Crippen molar-refractivity contribution < 1.29 is 9.72 Å². The number of rotatable bonds is 4. The lowest BCUT2D eigenvalue weighted by atomic mass is 10.1. The van der Waals surface area contributed by atoms with Crippen molar-refractivity contribution in [1.29, 1.82) is 0 Å². The summed E-state index contributed by atoms with van der Waals surface area (Å²) in [5, 5.41) is 10.7. The quantitative estimate of drug-likeness (QED) is 0.606. The molecule has 0 saturated carbocycles. The smallest absolute Gasteiger partial charge is 0.358 e. The Labute approximate surface area is 106 Å². The molecule has 1 aromatic heterocycles. The first-order valence-electron chi connectivity index (χ1n) is 5.84. The van der Waals surface area contributed by atoms with Crippen LogP contribution < -0.4 is 0 Å². The van der Waals surface area contributed by atoms with Crippen LogP contribution in [-0.2, 0) is 0 Å². The lowest BCUT2D eigenvalue weighted by molar-refractivity contribution is -0.389. The lowest BCUT2D eigenvalue weighted by Crippen LogP contribution is -2.31. The van der Waals surface area contributed by atoms with E-state index in [1.54, 1.807) is 18.7 Å². The van der Waals surface area contributed by atoms with Crippen LogP contribution in [0.5, 0.6) is 0 Å². The zero-order valence-electron chi connectivity index (χ0n) is 11.1. The van der Waals surface area contributed by atoms with E-state index in [2.05, 4.69) is 4.98 Å². The van der Waals surface area contributed by atoms with E-state index in [0.29, 0.717) is 29.9 Å². The summed E-state index contributed by atoms with van der Waals surface area (Å²) in [4.78, 5) is 27.9. The van der Waals surface area contributed by atoms with Gasteiger partial charge in [0, 0.05) is 26.1 Å². The molecule has 0 saturated heterocycles. The van der Waals surface area contributed by atoms with Crippen LogP contribution in [0.1, 0.15) is 35.5 Å². The minimum atomic E-state index is -0.550. The number of pyridine rings is 1. The van der Waals surface area contributed by atoms with E-state index in [0.717, 1.165) is 0 Å². The third-order valence-electron chi connectivity index (χ3n) is 2.84. The molecule has 1 amide bonds. The molecule has 0 spiro atoms. The van der Waals surface area contributed by atoms with Gasteiger partial charge in [-0.1, -0.05) is 0 Å². The molecule has 0 bridgehead atoms. The molecular formula is C12H17N3O3. The molecule has 0 radical (unpaired) electrons. The molecule has 1 rings (SSSR count). The van der Waals surface area contributed by atoms with E-state index < -0.39 is 4.92 Å². The molecule has 6 heteroatoms. The van der Waals surface area contributed by atoms with E-state index in [9.17, 15) is 14.9 Å². The maximum absolute atomic E-state index is 12.2. The Morgan fingerprint density at radius 1 is 1.39 bits per heavy atom. The molecule has 0 atom stereocenters. The number of hydrogen-bond donors (Lipinski definition) is 0. The zero-order chi connectivity index (χ0) is 13.9. The topological polar surface area (TPSA) is 76.3 Å². The van der Waals surface area contributed by atoms with Crippen LogP contribution in [0.3, 0.4) is 0 Å². The van der Waals surface area contributed by atoms with Crippen molar-refractivity contribution in [3.63, 3.8) is 0 Å². The number of amides is 1. The van der Waals surface area contributed by atoms with Gasteiger partial charge in [0.05, 0.1) is 5.56 Å². The largest absolute Gasteiger partial charge is 0.363 e. The van der Waals surface area contributed by atoms with Crippen LogP contribution in [0.15, 0.2) is 6.07 Å². The van der Waals surface area contributed by atoms with Crippen molar-refractivity contribution in [2.24, 2.45) is 0 Å². The van der Waals surface area contributed by atoms with Crippen LogP contribution in [0, 0.1) is 24.0 Å². The van der Waals surface area contributed by atoms with Gasteiger partial charge in [0.2, 0.25) is 0 Å². The lowest BCUT2D eigenvalue weighted by Gasteiger charge is -2.19. The molecule has 0 aliphatic carbocycles. The summed E-state index contributed by atoms with van der Waals surface area (Å²) in [5.41, 5.74) is 1.45. The number of aromatic nitrogens is 1. The maximum Gasteiger partial charge on any atom is 0.363 e. The van der Waals surface area contributed by atoms with Crippen LogP contribution in [-0.4, -0.2) is 33.8 Å². The standard InChI is InChI=1S/C12H17N3O3/c1-5-14(6-2)12(16)11-8(3)7-10(15(17)18)13-9(11)4/h7H,5-6H2,1-4H3. The van der Waals surface area contributed by atoms with Crippen LogP contribution in [0.25, 0.3) is 0 Å². The SMILES string of the molecule is CCN(CC)C(=O)c1c(C)cc([N+](=O)[O-])nc1C. The molecule has 6 nitrogen and oxygen atoms in total. The summed E-state index contributed by atoms with van der Waals surface area (Å²) in [6.45, 7) is 8.31. The highest BCUT2D eigenvalue weighted by Gasteiger charge is 2.23. The fraction of sp³-hybridized carbons (Fsp3) is 0.500. The van der Waals surface area contributed by atoms with Crippen molar-refractivity contribution >= 4 is 11.7 Å². The Morgan fingerprint density at radius 2 is 1.94 bits per heavy atom. The number of nitrogens with zero attached hydrogens (tertiary/aromatic N) is 3. The number of nitro groups is 1. The predicted octanol–water partition coefficient (Wildman–Crippen LogP) is 2.09. The van der Waals surface area contributed by atoms with Crippen LogP contribution in [0.2, 0.25) is 0 Å². The van der Waals surface area contributed by atoms with Gasteiger partial charge >= 0.3 is 5.82 Å². The van der Waals surface area contributed by atoms with Gasteiger partial charge in [0.25, 0.3) is 5.91 Å². The Hall–Kier alpha value is -1.98. The van der Waals surface area contributed by atoms with E-state index in [-0.39, 0.29) is 11.7 Å². The Kier molecular flexibility index (Phi) is 4.36. The second-order valence-electron chi connectivity index (χ2n) is 3.99. The molecule has 0 fully saturated rings. The van der Waals surface area contributed by atoms with Crippen molar-refractivity contribution in [2.75, 3.05) is 13.1 Å². The minimum Gasteiger partial charge on any atom is -0.358 e. The summed E-state index contributed by atoms with van der Waals surface area (Å²) >= 11 is 0. The normalized spacial score (nSPS) is 10.2. The number of hydrogen-bond acceptors (Lipinski definition) is 4. The maximum atomic E-state index is 12.2. The Balaban J connectivity index is 3.26. The summed E-state index contributed by atoms with van der Waals surface area (Å²) in [6, 6.07) is 1.34. The van der Waals surface area contributed by atoms with E-state index in [4.69, 9.17) is 0 Å². The van der Waals surface area contributed by atoms with Gasteiger partial charge in [-0.05, 0) is 36.2 Å². The Morgan fingerprint density at radius 3 is 2.33 bits per heavy atom. The zero-order valence-corrected chi connectivity index (χ0v) is 11.1. The van der Waals surface area contributed by atoms with Gasteiger partial charge in [-0.15, -0.1) is 0 Å². The van der Waals surface area contributed by atoms with Gasteiger partial charge in [0.1, 0.15) is 0 Å². The second kappa shape index (κ2) is 5.57. The summed E-state index contributed by atoms with van der Waals surface area (Å²) in [6.07, 6.45) is 0. The summed E-state index contributed by atoms with van der Waals surface area (Å²) in [7, 11) is 0. The van der Waals surface area contributed by atoms with E-state index >= 15 is 0 Å². The average Bonchev–Trinajstić information content (AvgIpc) is 2.29. The highest BCUT2D eigenvalue weighted by molar-refractivity contribution is 5.96. The van der Waals surface area contributed by atoms with Gasteiger partial charge in [-0.25, -0.2) is 0 Å². The fourth-order valence-corrected chi connectivity index (χ4v) is 1.90. The number of carbonyl (C=O) groups excluding carboxylic acids is 1. The average molecular weight is 251 g/mol. The van der Waals surface area contributed by atoms with Crippen molar-refractivity contribution in [3.05, 3.63) is 33.0 Å². The predicted molar refractivity (Wildman–Crippen MR) is 67.6 cm³/mol. The number of aryl methyl sites for hydroxylation is 2. The molecule has 98 valence electrons. The molecule has 18 heavy (non-hydrogen) atoms. The first-order chi connectivity index (χ1) is 8.42. The minimum absolute atomic E-state index is 0.127. The molecule has 1 aromatic rings. The molecule has 0 aliphatic heterocycles. The van der Waals surface area contributed by atoms with Crippen molar-refractivity contribution in [3.8, 4) is 0 Å². The van der Waals surface area contributed by atoms with Gasteiger partial charge < -0.3 is 15.0 Å². The molecule has 0 aliphatic rings. The summed E-state index contributed by atoms with van der Waals surface area (Å²) < 4.78 is 0.